The fourth-order valence-electron chi connectivity index (χ4n) is 1.48. The summed E-state index contributed by atoms with van der Waals surface area (Å²) in [5.74, 6) is -1.28. The first-order valence-corrected chi connectivity index (χ1v) is 5.84. The van der Waals surface area contributed by atoms with Crippen molar-refractivity contribution < 1.29 is 19.8 Å². The number of carbonyl (C=O) groups is 2. The largest absolute Gasteiger partial charge is 0.480 e. The number of amides is 2. The minimum absolute atomic E-state index is 0.328. The lowest BCUT2D eigenvalue weighted by Crippen LogP contribution is -2.51. The first kappa shape index (κ1) is 15.0. The van der Waals surface area contributed by atoms with Crippen molar-refractivity contribution in [3.05, 3.63) is 18.0 Å². The van der Waals surface area contributed by atoms with Crippen LogP contribution in [-0.2, 0) is 18.3 Å². The van der Waals surface area contributed by atoms with Gasteiger partial charge in [0.15, 0.2) is 6.04 Å². The average Bonchev–Trinajstić information content (AvgIpc) is 2.71. The third kappa shape index (κ3) is 4.96. The topological polar surface area (TPSA) is 116 Å². The van der Waals surface area contributed by atoms with Crippen LogP contribution in [0.25, 0.3) is 0 Å². The highest BCUT2D eigenvalue weighted by Gasteiger charge is 2.24. The van der Waals surface area contributed by atoms with Gasteiger partial charge in [-0.1, -0.05) is 0 Å². The molecule has 0 fully saturated rings. The lowest BCUT2D eigenvalue weighted by molar-refractivity contribution is -0.141. The summed E-state index contributed by atoms with van der Waals surface area (Å²) >= 11 is 0. The second kappa shape index (κ2) is 6.74. The fraction of sp³-hybridized carbons (Fsp3) is 0.545. The van der Waals surface area contributed by atoms with E-state index < -0.39 is 24.1 Å². The summed E-state index contributed by atoms with van der Waals surface area (Å²) in [7, 11) is 1.80. The number of carboxylic acids is 1. The maximum atomic E-state index is 11.4. The second-order valence-corrected chi connectivity index (χ2v) is 4.19. The Labute approximate surface area is 110 Å². The van der Waals surface area contributed by atoms with Gasteiger partial charge in [0, 0.05) is 26.2 Å². The molecule has 8 nitrogen and oxygen atoms in total. The van der Waals surface area contributed by atoms with E-state index in [2.05, 4.69) is 15.7 Å². The number of carboxylic acid groups (broad SMARTS) is 1. The summed E-state index contributed by atoms with van der Waals surface area (Å²) in [5.41, 5.74) is 0.827. The molecule has 8 heteroatoms. The lowest BCUT2D eigenvalue weighted by Gasteiger charge is -2.17. The molecule has 1 aromatic rings. The van der Waals surface area contributed by atoms with Crippen LogP contribution < -0.4 is 10.6 Å². The molecule has 1 heterocycles. The highest BCUT2D eigenvalue weighted by molar-refractivity contribution is 5.82. The van der Waals surface area contributed by atoms with Crippen LogP contribution in [-0.4, -0.2) is 50.7 Å². The average molecular weight is 270 g/mol. The number of urea groups is 1. The maximum Gasteiger partial charge on any atom is 0.328 e. The van der Waals surface area contributed by atoms with Crippen LogP contribution in [0.1, 0.15) is 12.6 Å². The van der Waals surface area contributed by atoms with E-state index in [4.69, 9.17) is 5.11 Å². The van der Waals surface area contributed by atoms with E-state index in [9.17, 15) is 14.7 Å². The molecule has 0 spiro atoms. The Morgan fingerprint density at radius 2 is 2.21 bits per heavy atom. The normalized spacial score (nSPS) is 13.6. The number of aliphatic hydroxyl groups excluding tert-OH is 1. The van der Waals surface area contributed by atoms with Crippen LogP contribution >= 0.6 is 0 Å². The summed E-state index contributed by atoms with van der Waals surface area (Å²) in [6.07, 6.45) is 1.17. The van der Waals surface area contributed by atoms with Gasteiger partial charge in [0.1, 0.15) is 0 Å². The summed E-state index contributed by atoms with van der Waals surface area (Å²) in [5, 5.41) is 26.8. The summed E-state index contributed by atoms with van der Waals surface area (Å²) in [4.78, 5) is 22.2. The molecule has 0 saturated heterocycles. The summed E-state index contributed by atoms with van der Waals surface area (Å²) in [6.45, 7) is 1.63. The van der Waals surface area contributed by atoms with Crippen molar-refractivity contribution in [3.8, 4) is 0 Å². The minimum atomic E-state index is -1.32. The van der Waals surface area contributed by atoms with Crippen LogP contribution in [0.3, 0.4) is 0 Å². The number of rotatable bonds is 6. The molecule has 4 N–H and O–H groups in total. The first-order chi connectivity index (χ1) is 8.90. The quantitative estimate of drug-likeness (QED) is 0.534. The Hall–Kier alpha value is -2.09. The molecule has 1 rings (SSSR count). The molecule has 1 aromatic heterocycles. The number of aliphatic carboxylic acids is 1. The third-order valence-corrected chi connectivity index (χ3v) is 2.47. The van der Waals surface area contributed by atoms with Crippen molar-refractivity contribution in [3.63, 3.8) is 0 Å². The molecular weight excluding hydrogens is 252 g/mol. The number of carbonyl (C=O) groups excluding carboxylic acids is 1. The second-order valence-electron chi connectivity index (χ2n) is 4.19. The van der Waals surface area contributed by atoms with Crippen LogP contribution in [0.15, 0.2) is 12.3 Å². The first-order valence-electron chi connectivity index (χ1n) is 5.84. The van der Waals surface area contributed by atoms with Gasteiger partial charge in [0.05, 0.1) is 11.8 Å². The molecule has 0 aliphatic rings. The molecule has 2 unspecified atom stereocenters. The maximum absolute atomic E-state index is 11.4. The van der Waals surface area contributed by atoms with E-state index in [1.54, 1.807) is 17.9 Å². The molecule has 2 atom stereocenters. The number of aliphatic hydroxyl groups is 1. The highest BCUT2D eigenvalue weighted by Crippen LogP contribution is 1.95. The van der Waals surface area contributed by atoms with Gasteiger partial charge < -0.3 is 20.8 Å². The Kier molecular flexibility index (Phi) is 5.31. The fourth-order valence-corrected chi connectivity index (χ4v) is 1.48. The summed E-state index contributed by atoms with van der Waals surface area (Å²) in [6, 6.07) is -0.130. The molecule has 0 aliphatic heterocycles. The molecule has 0 aliphatic carbocycles. The predicted molar refractivity (Wildman–Crippen MR) is 66.6 cm³/mol. The van der Waals surface area contributed by atoms with Gasteiger partial charge in [-0.05, 0) is 13.0 Å². The zero-order valence-electron chi connectivity index (χ0n) is 10.8. The van der Waals surface area contributed by atoms with Gasteiger partial charge in [-0.15, -0.1) is 0 Å². The Morgan fingerprint density at radius 1 is 1.53 bits per heavy atom. The Morgan fingerprint density at radius 3 is 2.68 bits per heavy atom. The SMILES string of the molecule is CC(O)C(NC(=O)NCCc1ccn(C)n1)C(=O)O. The van der Waals surface area contributed by atoms with Crippen molar-refractivity contribution >= 4 is 12.0 Å². The monoisotopic (exact) mass is 270 g/mol. The van der Waals surface area contributed by atoms with E-state index >= 15 is 0 Å². The summed E-state index contributed by atoms with van der Waals surface area (Å²) < 4.78 is 1.66. The number of nitrogens with zero attached hydrogens (tertiary/aromatic N) is 2. The van der Waals surface area contributed by atoms with Crippen molar-refractivity contribution in [1.29, 1.82) is 0 Å². The van der Waals surface area contributed by atoms with Gasteiger partial charge in [-0.25, -0.2) is 9.59 Å². The predicted octanol–water partition coefficient (Wildman–Crippen LogP) is -0.904. The van der Waals surface area contributed by atoms with Crippen LogP contribution in [0.5, 0.6) is 0 Å². The Bertz CT molecular complexity index is 444. The molecule has 0 radical (unpaired) electrons. The van der Waals surface area contributed by atoms with Gasteiger partial charge >= 0.3 is 12.0 Å². The van der Waals surface area contributed by atoms with E-state index in [0.717, 1.165) is 5.69 Å². The molecule has 0 saturated carbocycles. The molecule has 19 heavy (non-hydrogen) atoms. The zero-order valence-corrected chi connectivity index (χ0v) is 10.8. The smallest absolute Gasteiger partial charge is 0.328 e. The van der Waals surface area contributed by atoms with Crippen molar-refractivity contribution in [2.24, 2.45) is 7.05 Å². The van der Waals surface area contributed by atoms with Gasteiger partial charge in [-0.2, -0.15) is 5.10 Å². The van der Waals surface area contributed by atoms with Crippen LogP contribution in [0, 0.1) is 0 Å². The van der Waals surface area contributed by atoms with E-state index in [1.807, 2.05) is 6.07 Å². The number of aromatic nitrogens is 2. The van der Waals surface area contributed by atoms with Crippen LogP contribution in [0.2, 0.25) is 0 Å². The van der Waals surface area contributed by atoms with Gasteiger partial charge in [0.25, 0.3) is 0 Å². The van der Waals surface area contributed by atoms with E-state index in [1.165, 1.54) is 6.92 Å². The van der Waals surface area contributed by atoms with Crippen molar-refractivity contribution in [2.45, 2.75) is 25.5 Å². The third-order valence-electron chi connectivity index (χ3n) is 2.47. The van der Waals surface area contributed by atoms with E-state index in [0.29, 0.717) is 13.0 Å². The molecule has 2 amide bonds. The Balaban J connectivity index is 2.33. The van der Waals surface area contributed by atoms with Gasteiger partial charge in [-0.3, -0.25) is 4.68 Å². The number of aryl methyl sites for hydroxylation is 1. The van der Waals surface area contributed by atoms with Crippen molar-refractivity contribution in [1.82, 2.24) is 20.4 Å². The molecular formula is C11H18N4O4. The molecule has 106 valence electrons. The number of hydrogen-bond acceptors (Lipinski definition) is 4. The van der Waals surface area contributed by atoms with Gasteiger partial charge in [0.2, 0.25) is 0 Å². The standard InChI is InChI=1S/C11H18N4O4/c1-7(16)9(10(17)18)13-11(19)12-5-3-8-4-6-15(2)14-8/h4,6-7,9,16H,3,5H2,1-2H3,(H,17,18)(H2,12,13,19). The number of nitrogens with one attached hydrogen (secondary N) is 2. The molecule has 0 bridgehead atoms. The highest BCUT2D eigenvalue weighted by atomic mass is 16.4. The molecule has 0 aromatic carbocycles. The van der Waals surface area contributed by atoms with E-state index in [-0.39, 0.29) is 0 Å². The lowest BCUT2D eigenvalue weighted by atomic mass is 10.2. The zero-order chi connectivity index (χ0) is 14.4. The minimum Gasteiger partial charge on any atom is -0.480 e. The number of hydrogen-bond donors (Lipinski definition) is 4. The van der Waals surface area contributed by atoms with Crippen molar-refractivity contribution in [2.75, 3.05) is 6.54 Å². The van der Waals surface area contributed by atoms with Crippen LogP contribution in [0.4, 0.5) is 4.79 Å².